The lowest BCUT2D eigenvalue weighted by molar-refractivity contribution is -0.140. The predicted octanol–water partition coefficient (Wildman–Crippen LogP) is 2.13. The van der Waals surface area contributed by atoms with Crippen molar-refractivity contribution in [1.82, 2.24) is 4.90 Å². The van der Waals surface area contributed by atoms with Gasteiger partial charge in [0.2, 0.25) is 5.91 Å². The van der Waals surface area contributed by atoms with Gasteiger partial charge in [0, 0.05) is 32.7 Å². The van der Waals surface area contributed by atoms with Gasteiger partial charge < -0.3 is 14.4 Å². The van der Waals surface area contributed by atoms with E-state index in [9.17, 15) is 4.79 Å². The molecule has 4 nitrogen and oxygen atoms in total. The van der Waals surface area contributed by atoms with Crippen molar-refractivity contribution in [3.63, 3.8) is 0 Å². The molecule has 1 heterocycles. The average molecular weight is 291 g/mol. The zero-order valence-corrected chi connectivity index (χ0v) is 13.0. The molecule has 0 radical (unpaired) electrons. The SMILES string of the molecule is CCOCC(=O)N1CC[C@H](OC)[C@@H](Cc2ccccc2)C1. The lowest BCUT2D eigenvalue weighted by atomic mass is 9.88. The van der Waals surface area contributed by atoms with Crippen LogP contribution in [0.15, 0.2) is 30.3 Å². The van der Waals surface area contributed by atoms with Gasteiger partial charge in [0.15, 0.2) is 0 Å². The summed E-state index contributed by atoms with van der Waals surface area (Å²) >= 11 is 0. The number of amides is 1. The second kappa shape index (κ2) is 8.15. The van der Waals surface area contributed by atoms with E-state index in [1.54, 1.807) is 7.11 Å². The number of piperidine rings is 1. The first-order chi connectivity index (χ1) is 10.2. The monoisotopic (exact) mass is 291 g/mol. The summed E-state index contributed by atoms with van der Waals surface area (Å²) < 4.78 is 10.8. The molecule has 1 aromatic carbocycles. The fourth-order valence-corrected chi connectivity index (χ4v) is 2.94. The lowest BCUT2D eigenvalue weighted by Crippen LogP contribution is -2.48. The van der Waals surface area contributed by atoms with E-state index in [0.717, 1.165) is 25.9 Å². The molecule has 0 bridgehead atoms. The van der Waals surface area contributed by atoms with Crippen LogP contribution in [0, 0.1) is 5.92 Å². The van der Waals surface area contributed by atoms with Crippen LogP contribution in [0.2, 0.25) is 0 Å². The van der Waals surface area contributed by atoms with Crippen molar-refractivity contribution in [3.05, 3.63) is 35.9 Å². The Balaban J connectivity index is 1.97. The Morgan fingerprint density at radius 1 is 1.33 bits per heavy atom. The summed E-state index contributed by atoms with van der Waals surface area (Å²) in [4.78, 5) is 14.0. The van der Waals surface area contributed by atoms with Crippen LogP contribution >= 0.6 is 0 Å². The summed E-state index contributed by atoms with van der Waals surface area (Å²) in [5.74, 6) is 0.432. The number of rotatable bonds is 6. The lowest BCUT2D eigenvalue weighted by Gasteiger charge is -2.38. The third-order valence-electron chi connectivity index (χ3n) is 4.09. The molecule has 4 heteroatoms. The molecule has 1 fully saturated rings. The first-order valence-corrected chi connectivity index (χ1v) is 7.66. The third kappa shape index (κ3) is 4.55. The van der Waals surface area contributed by atoms with Crippen LogP contribution in [-0.2, 0) is 20.7 Å². The van der Waals surface area contributed by atoms with E-state index in [1.165, 1.54) is 5.56 Å². The van der Waals surface area contributed by atoms with E-state index in [4.69, 9.17) is 9.47 Å². The zero-order valence-electron chi connectivity index (χ0n) is 13.0. The topological polar surface area (TPSA) is 38.8 Å². The molecule has 2 atom stereocenters. The molecule has 1 saturated heterocycles. The molecule has 0 spiro atoms. The highest BCUT2D eigenvalue weighted by atomic mass is 16.5. The number of hydrogen-bond donors (Lipinski definition) is 0. The fourth-order valence-electron chi connectivity index (χ4n) is 2.94. The molecule has 1 amide bonds. The maximum absolute atomic E-state index is 12.1. The average Bonchev–Trinajstić information content (AvgIpc) is 2.53. The molecule has 0 aliphatic carbocycles. The quantitative estimate of drug-likeness (QED) is 0.806. The number of carbonyl (C=O) groups excluding carboxylic acids is 1. The fraction of sp³-hybridized carbons (Fsp3) is 0.588. The highest BCUT2D eigenvalue weighted by molar-refractivity contribution is 5.77. The Hall–Kier alpha value is -1.39. The highest BCUT2D eigenvalue weighted by Gasteiger charge is 2.31. The van der Waals surface area contributed by atoms with Gasteiger partial charge in [-0.3, -0.25) is 4.79 Å². The molecule has 0 aromatic heterocycles. The van der Waals surface area contributed by atoms with Gasteiger partial charge in [-0.2, -0.15) is 0 Å². The molecule has 0 saturated carbocycles. The van der Waals surface area contributed by atoms with E-state index < -0.39 is 0 Å². The Morgan fingerprint density at radius 2 is 2.10 bits per heavy atom. The maximum atomic E-state index is 12.1. The molecule has 21 heavy (non-hydrogen) atoms. The number of benzene rings is 1. The minimum absolute atomic E-state index is 0.0875. The van der Waals surface area contributed by atoms with Crippen molar-refractivity contribution in [2.75, 3.05) is 33.4 Å². The van der Waals surface area contributed by atoms with Crippen molar-refractivity contribution in [1.29, 1.82) is 0 Å². The first-order valence-electron chi connectivity index (χ1n) is 7.66. The van der Waals surface area contributed by atoms with Crippen molar-refractivity contribution in [2.24, 2.45) is 5.92 Å². The minimum Gasteiger partial charge on any atom is -0.381 e. The smallest absolute Gasteiger partial charge is 0.248 e. The summed E-state index contributed by atoms with van der Waals surface area (Å²) in [6.07, 6.45) is 2.06. The van der Waals surface area contributed by atoms with Crippen molar-refractivity contribution < 1.29 is 14.3 Å². The van der Waals surface area contributed by atoms with Gasteiger partial charge in [-0.15, -0.1) is 0 Å². The molecular weight excluding hydrogens is 266 g/mol. The van der Waals surface area contributed by atoms with Crippen molar-refractivity contribution in [2.45, 2.75) is 25.9 Å². The summed E-state index contributed by atoms with van der Waals surface area (Å²) in [5, 5.41) is 0. The van der Waals surface area contributed by atoms with Crippen LogP contribution in [0.4, 0.5) is 0 Å². The molecule has 116 valence electrons. The Labute approximate surface area is 127 Å². The van der Waals surface area contributed by atoms with Crippen LogP contribution in [0.1, 0.15) is 18.9 Å². The maximum Gasteiger partial charge on any atom is 0.248 e. The van der Waals surface area contributed by atoms with E-state index in [2.05, 4.69) is 24.3 Å². The van der Waals surface area contributed by atoms with Crippen LogP contribution in [0.5, 0.6) is 0 Å². The first kappa shape index (κ1) is 16.0. The molecule has 0 N–H and O–H groups in total. The molecule has 2 rings (SSSR count). The summed E-state index contributed by atoms with van der Waals surface area (Å²) in [5.41, 5.74) is 1.30. The molecular formula is C17H25NO3. The normalized spacial score (nSPS) is 22.3. The summed E-state index contributed by atoms with van der Waals surface area (Å²) in [7, 11) is 1.76. The second-order valence-corrected chi connectivity index (χ2v) is 5.49. The predicted molar refractivity (Wildman–Crippen MR) is 82.1 cm³/mol. The van der Waals surface area contributed by atoms with Gasteiger partial charge in [0.25, 0.3) is 0 Å². The molecule has 1 aliphatic heterocycles. The number of ether oxygens (including phenoxy) is 2. The minimum atomic E-state index is 0.0875. The van der Waals surface area contributed by atoms with Gasteiger partial charge in [0.1, 0.15) is 6.61 Å². The number of nitrogens with zero attached hydrogens (tertiary/aromatic N) is 1. The van der Waals surface area contributed by atoms with E-state index in [1.807, 2.05) is 17.9 Å². The van der Waals surface area contributed by atoms with E-state index in [-0.39, 0.29) is 18.6 Å². The largest absolute Gasteiger partial charge is 0.381 e. The van der Waals surface area contributed by atoms with E-state index >= 15 is 0 Å². The van der Waals surface area contributed by atoms with Gasteiger partial charge in [-0.25, -0.2) is 0 Å². The Kier molecular flexibility index (Phi) is 6.21. The van der Waals surface area contributed by atoms with Gasteiger partial charge >= 0.3 is 0 Å². The molecule has 0 unspecified atom stereocenters. The highest BCUT2D eigenvalue weighted by Crippen LogP contribution is 2.23. The number of methoxy groups -OCH3 is 1. The third-order valence-corrected chi connectivity index (χ3v) is 4.09. The second-order valence-electron chi connectivity index (χ2n) is 5.49. The molecule has 1 aliphatic rings. The van der Waals surface area contributed by atoms with Crippen LogP contribution < -0.4 is 0 Å². The number of hydrogen-bond acceptors (Lipinski definition) is 3. The van der Waals surface area contributed by atoms with E-state index in [0.29, 0.717) is 12.5 Å². The van der Waals surface area contributed by atoms with Gasteiger partial charge in [-0.1, -0.05) is 30.3 Å². The summed E-state index contributed by atoms with van der Waals surface area (Å²) in [6.45, 7) is 4.18. The Bertz CT molecular complexity index is 435. The van der Waals surface area contributed by atoms with Crippen LogP contribution in [0.3, 0.4) is 0 Å². The van der Waals surface area contributed by atoms with Crippen LogP contribution in [0.25, 0.3) is 0 Å². The van der Waals surface area contributed by atoms with Gasteiger partial charge in [-0.05, 0) is 25.3 Å². The zero-order chi connectivity index (χ0) is 15.1. The van der Waals surface area contributed by atoms with Crippen LogP contribution in [-0.4, -0.2) is 50.3 Å². The van der Waals surface area contributed by atoms with Crippen molar-refractivity contribution >= 4 is 5.91 Å². The number of carbonyl (C=O) groups is 1. The number of likely N-dealkylation sites (tertiary alicyclic amines) is 1. The molecule has 1 aromatic rings. The van der Waals surface area contributed by atoms with Crippen molar-refractivity contribution in [3.8, 4) is 0 Å². The Morgan fingerprint density at radius 3 is 2.76 bits per heavy atom. The summed E-state index contributed by atoms with van der Waals surface area (Å²) in [6, 6.07) is 10.4. The van der Waals surface area contributed by atoms with Gasteiger partial charge in [0.05, 0.1) is 6.10 Å². The standard InChI is InChI=1S/C17H25NO3/c1-3-21-13-17(19)18-10-9-16(20-2)15(12-18)11-14-7-5-4-6-8-14/h4-8,15-16H,3,9-13H2,1-2H3/t15-,16-/m0/s1.